The molecule has 0 radical (unpaired) electrons. The van der Waals surface area contributed by atoms with Crippen LogP contribution in [0.5, 0.6) is 0 Å². The number of thiazole rings is 1. The van der Waals surface area contributed by atoms with Gasteiger partial charge in [0.05, 0.1) is 11.2 Å². The van der Waals surface area contributed by atoms with Crippen LogP contribution in [0.1, 0.15) is 79.1 Å². The van der Waals surface area contributed by atoms with E-state index in [1.807, 2.05) is 0 Å². The number of rotatable bonds is 8. The van der Waals surface area contributed by atoms with Gasteiger partial charge in [-0.25, -0.2) is 9.78 Å². The first kappa shape index (κ1) is 29.4. The molecule has 6 nitrogen and oxygen atoms in total. The number of aromatic carboxylic acids is 1. The molecule has 0 bridgehead atoms. The van der Waals surface area contributed by atoms with Gasteiger partial charge in [-0.05, 0) is 64.0 Å². The third-order valence-corrected chi connectivity index (χ3v) is 10.8. The highest BCUT2D eigenvalue weighted by molar-refractivity contribution is 7.55. The first-order valence-electron chi connectivity index (χ1n) is 12.6. The van der Waals surface area contributed by atoms with Gasteiger partial charge in [-0.2, -0.15) is 0 Å². The average molecular weight is 561 g/mol. The molecular weight excluding hydrogens is 523 g/mol. The van der Waals surface area contributed by atoms with Gasteiger partial charge in [0.1, 0.15) is 18.9 Å². The SMILES string of the molecule is CC(=O)c1cscn1.COP(C1CCC(C)CC1)N(c1cc(-c2ccc(C)cc2)sc1C(=O)O)C(C)C. The fourth-order valence-electron chi connectivity index (χ4n) is 4.44. The van der Waals surface area contributed by atoms with Crippen LogP contribution in [0.3, 0.4) is 0 Å². The number of carboxylic acid groups (broad SMARTS) is 1. The minimum absolute atomic E-state index is 0.0336. The Morgan fingerprint density at radius 2 is 1.81 bits per heavy atom. The van der Waals surface area contributed by atoms with E-state index in [4.69, 9.17) is 4.52 Å². The molecule has 1 aliphatic rings. The molecule has 0 saturated heterocycles. The highest BCUT2D eigenvalue weighted by Crippen LogP contribution is 2.56. The van der Waals surface area contributed by atoms with E-state index in [1.165, 1.54) is 48.0 Å². The average Bonchev–Trinajstić information content (AvgIpc) is 3.55. The standard InChI is InChI=1S/C23H32NO3PS.C5H5NOS/c1-15(2)24(28(27-5)19-12-8-17(4)9-13-19)20-14-21(29-22(20)23(25)26)18-10-6-16(3)7-11-18;1-4(7)5-2-8-3-6-5/h6-7,10-11,14-15,17,19H,8-9,12-13H2,1-5H3,(H,25,26);2-3H,1H3. The molecule has 37 heavy (non-hydrogen) atoms. The Bertz CT molecular complexity index is 1150. The zero-order valence-electron chi connectivity index (χ0n) is 22.4. The third kappa shape index (κ3) is 7.70. The topological polar surface area (TPSA) is 79.7 Å². The summed E-state index contributed by atoms with van der Waals surface area (Å²) in [6, 6.07) is 10.5. The summed E-state index contributed by atoms with van der Waals surface area (Å²) in [5.74, 6) is -0.0556. The van der Waals surface area contributed by atoms with Crippen LogP contribution in [-0.2, 0) is 4.52 Å². The van der Waals surface area contributed by atoms with Crippen molar-refractivity contribution in [1.82, 2.24) is 4.98 Å². The summed E-state index contributed by atoms with van der Waals surface area (Å²) in [6.07, 6.45) is 4.76. The minimum atomic E-state index is -0.900. The normalized spacial score (nSPS) is 18.1. The predicted octanol–water partition coefficient (Wildman–Crippen LogP) is 8.52. The summed E-state index contributed by atoms with van der Waals surface area (Å²) < 4.78 is 8.33. The molecule has 1 aliphatic carbocycles. The van der Waals surface area contributed by atoms with Gasteiger partial charge in [0.25, 0.3) is 0 Å². The van der Waals surface area contributed by atoms with Gasteiger partial charge in [0, 0.05) is 36.0 Å². The second-order valence-corrected chi connectivity index (χ2v) is 13.7. The third-order valence-electron chi connectivity index (χ3n) is 6.47. The van der Waals surface area contributed by atoms with Crippen LogP contribution >= 0.6 is 31.0 Å². The Morgan fingerprint density at radius 3 is 2.27 bits per heavy atom. The van der Waals surface area contributed by atoms with E-state index in [2.05, 4.69) is 67.7 Å². The number of hydrogen-bond donors (Lipinski definition) is 1. The molecule has 1 aromatic carbocycles. The molecule has 9 heteroatoms. The first-order chi connectivity index (χ1) is 17.6. The van der Waals surface area contributed by atoms with E-state index in [1.54, 1.807) is 18.0 Å². The monoisotopic (exact) mass is 560 g/mol. The summed E-state index contributed by atoms with van der Waals surface area (Å²) in [5.41, 5.74) is 5.76. The number of carbonyl (C=O) groups is 2. The second-order valence-electron chi connectivity index (χ2n) is 9.76. The molecule has 200 valence electrons. The van der Waals surface area contributed by atoms with Crippen LogP contribution in [-0.4, -0.2) is 40.7 Å². The van der Waals surface area contributed by atoms with E-state index in [9.17, 15) is 14.7 Å². The largest absolute Gasteiger partial charge is 0.477 e. The maximum Gasteiger partial charge on any atom is 0.348 e. The van der Waals surface area contributed by atoms with Gasteiger partial charge in [-0.3, -0.25) is 4.79 Å². The zero-order chi connectivity index (χ0) is 27.1. The van der Waals surface area contributed by atoms with Crippen molar-refractivity contribution in [3.05, 3.63) is 57.4 Å². The lowest BCUT2D eigenvalue weighted by Crippen LogP contribution is -2.32. The Kier molecular flexibility index (Phi) is 10.8. The van der Waals surface area contributed by atoms with Crippen LogP contribution in [0.15, 0.2) is 41.2 Å². The van der Waals surface area contributed by atoms with E-state index >= 15 is 0 Å². The summed E-state index contributed by atoms with van der Waals surface area (Å²) in [5, 5.41) is 11.7. The van der Waals surface area contributed by atoms with E-state index in [0.29, 0.717) is 16.2 Å². The lowest BCUT2D eigenvalue weighted by Gasteiger charge is -2.41. The van der Waals surface area contributed by atoms with Crippen molar-refractivity contribution in [2.75, 3.05) is 11.8 Å². The first-order valence-corrected chi connectivity index (χ1v) is 15.6. The van der Waals surface area contributed by atoms with Crippen molar-refractivity contribution in [3.63, 3.8) is 0 Å². The van der Waals surface area contributed by atoms with E-state index < -0.39 is 14.3 Å². The van der Waals surface area contributed by atoms with Crippen molar-refractivity contribution < 1.29 is 19.2 Å². The van der Waals surface area contributed by atoms with Crippen molar-refractivity contribution in [1.29, 1.82) is 0 Å². The maximum absolute atomic E-state index is 12.1. The number of anilines is 1. The molecule has 0 spiro atoms. The molecule has 0 aliphatic heterocycles. The van der Waals surface area contributed by atoms with Gasteiger partial charge in [-0.15, -0.1) is 22.7 Å². The molecule has 2 heterocycles. The van der Waals surface area contributed by atoms with Crippen LogP contribution < -0.4 is 4.67 Å². The van der Waals surface area contributed by atoms with Gasteiger partial charge in [0.15, 0.2) is 5.78 Å². The van der Waals surface area contributed by atoms with Gasteiger partial charge in [-0.1, -0.05) is 36.8 Å². The number of benzene rings is 1. The zero-order valence-corrected chi connectivity index (χ0v) is 25.0. The number of nitrogens with zero attached hydrogens (tertiary/aromatic N) is 2. The number of carboxylic acids is 1. The summed E-state index contributed by atoms with van der Waals surface area (Å²) >= 11 is 2.80. The number of Topliss-reactive ketones (excluding diaryl/α,β-unsaturated/α-hetero) is 1. The van der Waals surface area contributed by atoms with Crippen LogP contribution in [0.25, 0.3) is 10.4 Å². The molecule has 3 aromatic rings. The number of carbonyl (C=O) groups excluding carboxylic acids is 1. The van der Waals surface area contributed by atoms with Crippen molar-refractivity contribution in [3.8, 4) is 10.4 Å². The Hall–Kier alpha value is -2.12. The van der Waals surface area contributed by atoms with Gasteiger partial charge < -0.3 is 14.3 Å². The number of aromatic nitrogens is 1. The van der Waals surface area contributed by atoms with Gasteiger partial charge >= 0.3 is 5.97 Å². The molecule has 0 amide bonds. The summed E-state index contributed by atoms with van der Waals surface area (Å²) in [4.78, 5) is 27.8. The Morgan fingerprint density at radius 1 is 1.16 bits per heavy atom. The number of thiophene rings is 1. The molecule has 2 aromatic heterocycles. The molecule has 1 unspecified atom stereocenters. The quantitative estimate of drug-likeness (QED) is 0.220. The molecule has 1 saturated carbocycles. The molecule has 1 fully saturated rings. The Balaban J connectivity index is 0.000000405. The van der Waals surface area contributed by atoms with Crippen molar-refractivity contribution in [2.45, 2.75) is 72.0 Å². The molecule has 1 N–H and O–H groups in total. The molecule has 1 atom stereocenters. The van der Waals surface area contributed by atoms with Crippen LogP contribution in [0, 0.1) is 12.8 Å². The summed E-state index contributed by atoms with van der Waals surface area (Å²) in [6.45, 7) is 10.2. The summed E-state index contributed by atoms with van der Waals surface area (Å²) in [7, 11) is 0.885. The highest BCUT2D eigenvalue weighted by atomic mass is 32.1. The molecule has 4 rings (SSSR count). The van der Waals surface area contributed by atoms with Crippen molar-refractivity contribution in [2.24, 2.45) is 5.92 Å². The Labute approximate surface area is 229 Å². The fourth-order valence-corrected chi connectivity index (χ4v) is 8.48. The van der Waals surface area contributed by atoms with Crippen LogP contribution in [0.4, 0.5) is 5.69 Å². The highest BCUT2D eigenvalue weighted by Gasteiger charge is 2.35. The second kappa shape index (κ2) is 13.6. The number of ketones is 1. The fraction of sp³-hybridized carbons (Fsp3) is 0.464. The van der Waals surface area contributed by atoms with E-state index in [-0.39, 0.29) is 11.8 Å². The smallest absolute Gasteiger partial charge is 0.348 e. The number of hydrogen-bond acceptors (Lipinski definition) is 7. The predicted molar refractivity (Wildman–Crippen MR) is 157 cm³/mol. The maximum atomic E-state index is 12.1. The van der Waals surface area contributed by atoms with Gasteiger partial charge in [0.2, 0.25) is 0 Å². The lowest BCUT2D eigenvalue weighted by atomic mass is 9.91. The number of aryl methyl sites for hydroxylation is 1. The lowest BCUT2D eigenvalue weighted by molar-refractivity contribution is 0.0702. The minimum Gasteiger partial charge on any atom is -0.477 e. The molecular formula is C28H37N2O4PS2. The van der Waals surface area contributed by atoms with Crippen LogP contribution in [0.2, 0.25) is 0 Å². The van der Waals surface area contributed by atoms with Crippen molar-refractivity contribution >= 4 is 48.4 Å². The van der Waals surface area contributed by atoms with E-state index in [0.717, 1.165) is 34.9 Å².